The molecular weight excluding hydrogens is 378 g/mol. The lowest BCUT2D eigenvalue weighted by Crippen LogP contribution is -2.10. The van der Waals surface area contributed by atoms with Crippen molar-refractivity contribution < 1.29 is 19.2 Å². The molecular formula is C16H12BrN3O4. The number of phenols is 1. The Bertz CT molecular complexity index is 867. The Labute approximate surface area is 145 Å². The monoisotopic (exact) mass is 389 g/mol. The maximum atomic E-state index is 12.2. The number of benzene rings is 1. The van der Waals surface area contributed by atoms with Crippen molar-refractivity contribution in [3.63, 3.8) is 0 Å². The first-order valence-electron chi connectivity index (χ1n) is 6.98. The zero-order valence-corrected chi connectivity index (χ0v) is 14.1. The second kappa shape index (κ2) is 6.79. The summed E-state index contributed by atoms with van der Waals surface area (Å²) in [6.07, 6.45) is 2.47. The van der Waals surface area contributed by atoms with E-state index in [1.165, 1.54) is 12.1 Å². The van der Waals surface area contributed by atoms with E-state index in [9.17, 15) is 9.90 Å². The van der Waals surface area contributed by atoms with Crippen LogP contribution in [0.25, 0.3) is 11.4 Å². The standard InChI is InChI=1S/C16H12BrN3O4/c1-9(23-16(22)12-7-11(17)4-5-13(12)21)15-19-14(20-24-15)10-3-2-6-18-8-10/h2-9,21H,1H3/t9-/m0/s1. The summed E-state index contributed by atoms with van der Waals surface area (Å²) in [7, 11) is 0. The van der Waals surface area contributed by atoms with Crippen molar-refractivity contribution in [2.24, 2.45) is 0 Å². The predicted molar refractivity (Wildman–Crippen MR) is 87.2 cm³/mol. The van der Waals surface area contributed by atoms with Crippen LogP contribution in [0.2, 0.25) is 0 Å². The molecule has 122 valence electrons. The first kappa shape index (κ1) is 16.1. The van der Waals surface area contributed by atoms with Gasteiger partial charge in [0.25, 0.3) is 5.89 Å². The maximum Gasteiger partial charge on any atom is 0.342 e. The van der Waals surface area contributed by atoms with Gasteiger partial charge < -0.3 is 14.4 Å². The molecule has 0 fully saturated rings. The molecule has 3 aromatic rings. The van der Waals surface area contributed by atoms with Crippen molar-refractivity contribution in [1.29, 1.82) is 0 Å². The van der Waals surface area contributed by atoms with Crippen molar-refractivity contribution in [3.05, 3.63) is 58.7 Å². The summed E-state index contributed by atoms with van der Waals surface area (Å²) in [4.78, 5) is 20.4. The lowest BCUT2D eigenvalue weighted by Gasteiger charge is -2.10. The van der Waals surface area contributed by atoms with Crippen LogP contribution in [-0.4, -0.2) is 26.2 Å². The highest BCUT2D eigenvalue weighted by Gasteiger charge is 2.22. The largest absolute Gasteiger partial charge is 0.507 e. The highest BCUT2D eigenvalue weighted by molar-refractivity contribution is 9.10. The Balaban J connectivity index is 1.75. The quantitative estimate of drug-likeness (QED) is 0.681. The van der Waals surface area contributed by atoms with Gasteiger partial charge in [0, 0.05) is 22.4 Å². The molecule has 0 amide bonds. The van der Waals surface area contributed by atoms with Gasteiger partial charge in [0.15, 0.2) is 6.10 Å². The predicted octanol–water partition coefficient (Wildman–Crippen LogP) is 3.52. The van der Waals surface area contributed by atoms with Gasteiger partial charge in [-0.1, -0.05) is 21.1 Å². The van der Waals surface area contributed by atoms with Gasteiger partial charge in [-0.25, -0.2) is 4.79 Å². The van der Waals surface area contributed by atoms with E-state index >= 15 is 0 Å². The van der Waals surface area contributed by atoms with E-state index in [4.69, 9.17) is 9.26 Å². The van der Waals surface area contributed by atoms with Crippen LogP contribution in [-0.2, 0) is 4.74 Å². The third kappa shape index (κ3) is 3.43. The number of esters is 1. The van der Waals surface area contributed by atoms with Crippen LogP contribution in [0.4, 0.5) is 0 Å². The third-order valence-corrected chi connectivity index (χ3v) is 3.66. The molecule has 1 atom stereocenters. The van der Waals surface area contributed by atoms with Crippen LogP contribution in [0.1, 0.15) is 29.3 Å². The molecule has 3 rings (SSSR count). The van der Waals surface area contributed by atoms with Crippen molar-refractivity contribution in [2.45, 2.75) is 13.0 Å². The molecule has 0 aliphatic rings. The number of carbonyl (C=O) groups is 1. The lowest BCUT2D eigenvalue weighted by molar-refractivity contribution is 0.0262. The molecule has 0 bridgehead atoms. The molecule has 7 nitrogen and oxygen atoms in total. The Hall–Kier alpha value is -2.74. The van der Waals surface area contributed by atoms with Gasteiger partial charge in [-0.2, -0.15) is 4.98 Å². The van der Waals surface area contributed by atoms with Crippen LogP contribution in [0.15, 0.2) is 51.7 Å². The zero-order chi connectivity index (χ0) is 17.1. The number of rotatable bonds is 4. The van der Waals surface area contributed by atoms with Crippen LogP contribution >= 0.6 is 15.9 Å². The number of hydrogen-bond acceptors (Lipinski definition) is 7. The highest BCUT2D eigenvalue weighted by Crippen LogP contribution is 2.26. The van der Waals surface area contributed by atoms with Gasteiger partial charge in [0.05, 0.1) is 0 Å². The lowest BCUT2D eigenvalue weighted by atomic mass is 10.2. The molecule has 0 aliphatic carbocycles. The summed E-state index contributed by atoms with van der Waals surface area (Å²) in [5.41, 5.74) is 0.735. The molecule has 2 heterocycles. The molecule has 24 heavy (non-hydrogen) atoms. The van der Waals surface area contributed by atoms with Gasteiger partial charge in [-0.3, -0.25) is 4.98 Å². The minimum Gasteiger partial charge on any atom is -0.507 e. The van der Waals surface area contributed by atoms with Gasteiger partial charge in [0.2, 0.25) is 5.82 Å². The van der Waals surface area contributed by atoms with E-state index < -0.39 is 12.1 Å². The molecule has 0 aliphatic heterocycles. The topological polar surface area (TPSA) is 98.3 Å². The number of nitrogens with zero attached hydrogens (tertiary/aromatic N) is 3. The summed E-state index contributed by atoms with van der Waals surface area (Å²) >= 11 is 3.24. The highest BCUT2D eigenvalue weighted by atomic mass is 79.9. The van der Waals surface area contributed by atoms with Crippen LogP contribution in [0.5, 0.6) is 5.75 Å². The fourth-order valence-corrected chi connectivity index (χ4v) is 2.32. The fraction of sp³-hybridized carbons (Fsp3) is 0.125. The number of carbonyl (C=O) groups excluding carboxylic acids is 1. The zero-order valence-electron chi connectivity index (χ0n) is 12.5. The first-order valence-corrected chi connectivity index (χ1v) is 7.77. The fourth-order valence-electron chi connectivity index (χ4n) is 1.96. The van der Waals surface area contributed by atoms with E-state index in [0.717, 1.165) is 0 Å². The average Bonchev–Trinajstić information content (AvgIpc) is 3.08. The molecule has 1 aromatic carbocycles. The number of halogens is 1. The van der Waals surface area contributed by atoms with Gasteiger partial charge >= 0.3 is 5.97 Å². The molecule has 0 spiro atoms. The summed E-state index contributed by atoms with van der Waals surface area (Å²) < 4.78 is 11.1. The van der Waals surface area contributed by atoms with Crippen LogP contribution in [0.3, 0.4) is 0 Å². The number of phenolic OH excluding ortho intramolecular Hbond substituents is 1. The van der Waals surface area contributed by atoms with Crippen molar-refractivity contribution in [1.82, 2.24) is 15.1 Å². The molecule has 8 heteroatoms. The van der Waals surface area contributed by atoms with E-state index in [1.807, 2.05) is 0 Å². The van der Waals surface area contributed by atoms with Crippen molar-refractivity contribution in [2.75, 3.05) is 0 Å². The minimum absolute atomic E-state index is 0.0447. The van der Waals surface area contributed by atoms with Gasteiger partial charge in [-0.15, -0.1) is 0 Å². The second-order valence-corrected chi connectivity index (χ2v) is 5.82. The molecule has 0 radical (unpaired) electrons. The summed E-state index contributed by atoms with van der Waals surface area (Å²) in [5, 5.41) is 13.6. The smallest absolute Gasteiger partial charge is 0.342 e. The summed E-state index contributed by atoms with van der Waals surface area (Å²) in [6, 6.07) is 8.04. The van der Waals surface area contributed by atoms with Gasteiger partial charge in [-0.05, 0) is 37.3 Å². The summed E-state index contributed by atoms with van der Waals surface area (Å²) in [5.74, 6) is -0.359. The number of ether oxygens (including phenoxy) is 1. The van der Waals surface area contributed by atoms with E-state index in [0.29, 0.717) is 15.9 Å². The van der Waals surface area contributed by atoms with Crippen molar-refractivity contribution in [3.8, 4) is 17.1 Å². The molecule has 0 unspecified atom stereocenters. The SMILES string of the molecule is C[C@H](OC(=O)c1cc(Br)ccc1O)c1nc(-c2cccnc2)no1. The Morgan fingerprint density at radius 3 is 2.96 bits per heavy atom. The van der Waals surface area contributed by atoms with E-state index in [2.05, 4.69) is 31.1 Å². The molecule has 0 saturated carbocycles. The van der Waals surface area contributed by atoms with E-state index in [1.54, 1.807) is 37.5 Å². The number of hydrogen-bond donors (Lipinski definition) is 1. The minimum atomic E-state index is -0.770. The average molecular weight is 390 g/mol. The molecule has 2 aromatic heterocycles. The molecule has 0 saturated heterocycles. The number of aromatic nitrogens is 3. The van der Waals surface area contributed by atoms with Crippen molar-refractivity contribution >= 4 is 21.9 Å². The van der Waals surface area contributed by atoms with E-state index in [-0.39, 0.29) is 17.2 Å². The first-order chi connectivity index (χ1) is 11.5. The Kier molecular flexibility index (Phi) is 4.57. The van der Waals surface area contributed by atoms with Crippen LogP contribution in [0, 0.1) is 0 Å². The maximum absolute atomic E-state index is 12.2. The van der Waals surface area contributed by atoms with Crippen LogP contribution < -0.4 is 0 Å². The molecule has 1 N–H and O–H groups in total. The second-order valence-electron chi connectivity index (χ2n) is 4.91. The van der Waals surface area contributed by atoms with Gasteiger partial charge in [0.1, 0.15) is 11.3 Å². The Morgan fingerprint density at radius 2 is 2.21 bits per heavy atom. The number of pyridine rings is 1. The Morgan fingerprint density at radius 1 is 1.38 bits per heavy atom. The third-order valence-electron chi connectivity index (χ3n) is 3.17. The summed E-state index contributed by atoms with van der Waals surface area (Å²) in [6.45, 7) is 1.60. The number of aromatic hydroxyl groups is 1. The normalized spacial score (nSPS) is 11.9.